The van der Waals surface area contributed by atoms with Crippen molar-refractivity contribution in [3.05, 3.63) is 11.6 Å². The van der Waals surface area contributed by atoms with E-state index in [4.69, 9.17) is 18.9 Å². The highest BCUT2D eigenvalue weighted by Gasteiger charge is 2.72. The number of hydrogen-bond donors (Lipinski definition) is 9. The maximum absolute atomic E-state index is 12.3. The average Bonchev–Trinajstić information content (AvgIpc) is 3.42. The third kappa shape index (κ3) is 7.10. The van der Waals surface area contributed by atoms with Gasteiger partial charge in [0.15, 0.2) is 12.6 Å². The summed E-state index contributed by atoms with van der Waals surface area (Å²) in [6.07, 6.45) is -6.47. The molecule has 6 aliphatic rings. The molecule has 0 radical (unpaired) electrons. The summed E-state index contributed by atoms with van der Waals surface area (Å²) < 4.78 is 24.3. The maximum Gasteiger partial charge on any atom is 0.187 e. The Balaban J connectivity index is 1.22. The average molecular weight is 785 g/mol. The third-order valence-corrected chi connectivity index (χ3v) is 16.7. The second kappa shape index (κ2) is 15.7. The third-order valence-electron chi connectivity index (χ3n) is 16.7. The molecule has 0 unspecified atom stereocenters. The van der Waals surface area contributed by atoms with Crippen LogP contribution in [0, 0.1) is 45.3 Å². The maximum atomic E-state index is 12.3. The molecule has 2 aliphatic heterocycles. The minimum Gasteiger partial charge on any atom is -0.394 e. The molecule has 4 saturated carbocycles. The molecule has 0 spiro atoms. The number of aliphatic hydroxyl groups excluding tert-OH is 8. The number of fused-ring (bicyclic) bond motifs is 5. The van der Waals surface area contributed by atoms with Gasteiger partial charge in [-0.25, -0.2) is 0 Å². The molecule has 0 aromatic rings. The molecule has 0 bridgehead atoms. The normalized spacial score (nSPS) is 52.0. The van der Waals surface area contributed by atoms with Gasteiger partial charge in [-0.15, -0.1) is 0 Å². The second-order valence-electron chi connectivity index (χ2n) is 20.1. The molecule has 9 N–H and O–H groups in total. The Morgan fingerprint density at radius 2 is 1.36 bits per heavy atom. The summed E-state index contributed by atoms with van der Waals surface area (Å²) in [5, 5.41) is 97.6. The van der Waals surface area contributed by atoms with Crippen molar-refractivity contribution in [3.8, 4) is 0 Å². The molecule has 6 rings (SSSR count). The molecule has 0 aromatic heterocycles. The molecule has 20 atom stereocenters. The van der Waals surface area contributed by atoms with Crippen LogP contribution in [-0.2, 0) is 18.9 Å². The van der Waals surface area contributed by atoms with Gasteiger partial charge in [0.1, 0.15) is 48.8 Å². The first-order chi connectivity index (χ1) is 25.6. The number of aliphatic hydroxyl groups is 9. The van der Waals surface area contributed by atoms with Gasteiger partial charge in [-0.05, 0) is 118 Å². The zero-order valence-corrected chi connectivity index (χ0v) is 34.3. The molecule has 4 aliphatic carbocycles. The van der Waals surface area contributed by atoms with Gasteiger partial charge in [-0.3, -0.25) is 0 Å². The summed E-state index contributed by atoms with van der Waals surface area (Å²) in [6, 6.07) is 0. The van der Waals surface area contributed by atoms with Gasteiger partial charge in [-0.1, -0.05) is 46.3 Å². The highest BCUT2D eigenvalue weighted by Crippen LogP contribution is 2.75. The van der Waals surface area contributed by atoms with E-state index >= 15 is 0 Å². The fraction of sp³-hybridized carbons (Fsp3) is 0.952. The van der Waals surface area contributed by atoms with Crippen molar-refractivity contribution < 1.29 is 64.9 Å². The standard InChI is InChI=1S/C42H72O13/c1-21(2)10-9-15-41(7,51)27-13-17-40(6)22-11-12-26-38(3,4)29(14-16-39(26,5)23(22)18-28(45)42(27,40)8)54-37-35(33(49)31(47)25(20-44)53-37)55-36-34(50)32(48)30(46)24(19-43)52-36/h10,22-37,43-51H,9,11-20H2,1-8H3/t22-,23-,24-,25-,26-,27-,28+,29-,30-,31-,32+,33+,34-,35-,36+,37+,39-,40-,41-,42+/m1/s1. The highest BCUT2D eigenvalue weighted by atomic mass is 16.8. The molecule has 318 valence electrons. The second-order valence-corrected chi connectivity index (χ2v) is 20.1. The van der Waals surface area contributed by atoms with Crippen molar-refractivity contribution in [2.45, 2.75) is 192 Å². The predicted molar refractivity (Wildman–Crippen MR) is 201 cm³/mol. The van der Waals surface area contributed by atoms with Crippen LogP contribution in [-0.4, -0.2) is 138 Å². The fourth-order valence-corrected chi connectivity index (χ4v) is 13.3. The van der Waals surface area contributed by atoms with Gasteiger partial charge >= 0.3 is 0 Å². The van der Waals surface area contributed by atoms with Crippen LogP contribution in [0.15, 0.2) is 11.6 Å². The Morgan fingerprint density at radius 1 is 0.745 bits per heavy atom. The monoisotopic (exact) mass is 784 g/mol. The lowest BCUT2D eigenvalue weighted by atomic mass is 9.37. The molecular weight excluding hydrogens is 712 g/mol. The molecule has 0 amide bonds. The molecule has 2 saturated heterocycles. The lowest BCUT2D eigenvalue weighted by Gasteiger charge is -2.69. The molecule has 13 heteroatoms. The Bertz CT molecular complexity index is 1370. The molecular formula is C42H72O13. The first kappa shape index (κ1) is 43.8. The van der Waals surface area contributed by atoms with E-state index in [1.165, 1.54) is 5.57 Å². The SMILES string of the molecule is CC(C)=CCC[C@@](C)(O)[C@H]1CC[C@]2(C)[C@@H]3CC[C@@H]4C(C)(C)[C@H](O[C@@H]5O[C@H](CO)[C@@H](O)[C@H](O)[C@H]5O[C@@H]5O[C@H](CO)[C@@H](O)[C@H](O)[C@H]5O)CC[C@]4(C)[C@@H]3C[C@H](O)[C@]12C. The van der Waals surface area contributed by atoms with Crippen LogP contribution in [0.4, 0.5) is 0 Å². The Labute approximate surface area is 327 Å². The van der Waals surface area contributed by atoms with Crippen LogP contribution >= 0.6 is 0 Å². The lowest BCUT2D eigenvalue weighted by molar-refractivity contribution is -0.378. The number of hydrogen-bond acceptors (Lipinski definition) is 13. The van der Waals surface area contributed by atoms with Crippen LogP contribution in [0.5, 0.6) is 0 Å². The summed E-state index contributed by atoms with van der Waals surface area (Å²) in [4.78, 5) is 0. The number of rotatable bonds is 10. The van der Waals surface area contributed by atoms with E-state index in [0.29, 0.717) is 25.2 Å². The Kier molecular flexibility index (Phi) is 12.5. The smallest absolute Gasteiger partial charge is 0.187 e. The first-order valence-electron chi connectivity index (χ1n) is 20.9. The van der Waals surface area contributed by atoms with E-state index in [1.54, 1.807) is 0 Å². The fourth-order valence-electron chi connectivity index (χ4n) is 13.3. The van der Waals surface area contributed by atoms with Crippen molar-refractivity contribution >= 4 is 0 Å². The van der Waals surface area contributed by atoms with Gasteiger partial charge in [0.25, 0.3) is 0 Å². The summed E-state index contributed by atoms with van der Waals surface area (Å²) in [5.41, 5.74) is -0.772. The van der Waals surface area contributed by atoms with Gasteiger partial charge < -0.3 is 64.9 Å². The van der Waals surface area contributed by atoms with Crippen molar-refractivity contribution in [2.75, 3.05) is 13.2 Å². The van der Waals surface area contributed by atoms with Crippen LogP contribution in [0.25, 0.3) is 0 Å². The number of allylic oxidation sites excluding steroid dienone is 2. The van der Waals surface area contributed by atoms with E-state index in [2.05, 4.69) is 54.5 Å². The molecule has 2 heterocycles. The largest absolute Gasteiger partial charge is 0.394 e. The van der Waals surface area contributed by atoms with Gasteiger partial charge in [0.2, 0.25) is 0 Å². The Hall–Kier alpha value is -0.780. The molecule has 0 aromatic carbocycles. The summed E-state index contributed by atoms with van der Waals surface area (Å²) in [7, 11) is 0. The van der Waals surface area contributed by atoms with Crippen molar-refractivity contribution in [3.63, 3.8) is 0 Å². The highest BCUT2D eigenvalue weighted by molar-refractivity contribution is 5.20. The molecule has 6 fully saturated rings. The summed E-state index contributed by atoms with van der Waals surface area (Å²) in [5.74, 6) is 0.830. The van der Waals surface area contributed by atoms with Gasteiger partial charge in [0.05, 0.1) is 31.0 Å². The van der Waals surface area contributed by atoms with E-state index in [0.717, 1.165) is 38.5 Å². The summed E-state index contributed by atoms with van der Waals surface area (Å²) >= 11 is 0. The van der Waals surface area contributed by atoms with Crippen LogP contribution in [0.2, 0.25) is 0 Å². The van der Waals surface area contributed by atoms with Crippen molar-refractivity contribution in [1.82, 2.24) is 0 Å². The van der Waals surface area contributed by atoms with Gasteiger partial charge in [-0.2, -0.15) is 0 Å². The van der Waals surface area contributed by atoms with Crippen LogP contribution < -0.4 is 0 Å². The summed E-state index contributed by atoms with van der Waals surface area (Å²) in [6.45, 7) is 16.3. The van der Waals surface area contributed by atoms with E-state index in [-0.39, 0.29) is 28.6 Å². The zero-order valence-electron chi connectivity index (χ0n) is 34.3. The topological polar surface area (TPSA) is 219 Å². The zero-order chi connectivity index (χ0) is 40.6. The lowest BCUT2D eigenvalue weighted by Crippen LogP contribution is -2.67. The predicted octanol–water partition coefficient (Wildman–Crippen LogP) is 2.15. The first-order valence-corrected chi connectivity index (χ1v) is 20.9. The van der Waals surface area contributed by atoms with Crippen LogP contribution in [0.3, 0.4) is 0 Å². The van der Waals surface area contributed by atoms with E-state index < -0.39 is 103 Å². The Morgan fingerprint density at radius 3 is 1.98 bits per heavy atom. The minimum absolute atomic E-state index is 0.0112. The number of ether oxygens (including phenoxy) is 4. The van der Waals surface area contributed by atoms with Gasteiger partial charge in [0, 0.05) is 5.41 Å². The van der Waals surface area contributed by atoms with Crippen LogP contribution in [0.1, 0.15) is 113 Å². The van der Waals surface area contributed by atoms with Crippen molar-refractivity contribution in [1.29, 1.82) is 0 Å². The van der Waals surface area contributed by atoms with E-state index in [1.807, 2.05) is 6.92 Å². The molecule has 55 heavy (non-hydrogen) atoms. The molecule has 13 nitrogen and oxygen atoms in total. The minimum atomic E-state index is -1.75. The quantitative estimate of drug-likeness (QED) is 0.115. The van der Waals surface area contributed by atoms with Crippen molar-refractivity contribution in [2.24, 2.45) is 45.3 Å². The van der Waals surface area contributed by atoms with E-state index in [9.17, 15) is 46.0 Å².